The molecule has 15 heavy (non-hydrogen) atoms. The molecule has 0 aliphatic heterocycles. The van der Waals surface area contributed by atoms with Crippen LogP contribution in [0.1, 0.15) is 33.6 Å². The van der Waals surface area contributed by atoms with Crippen LogP contribution < -0.4 is 0 Å². The largest absolute Gasteiger partial charge is 0.126 e. The second kappa shape index (κ2) is 7.53. The van der Waals surface area contributed by atoms with E-state index >= 15 is 0 Å². The second-order valence-corrected chi connectivity index (χ2v) is 4.22. The van der Waals surface area contributed by atoms with E-state index < -0.39 is 0 Å². The predicted octanol–water partition coefficient (Wildman–Crippen LogP) is 5.03. The van der Waals surface area contributed by atoms with E-state index in [0.717, 1.165) is 24.0 Å². The van der Waals surface area contributed by atoms with Crippen LogP contribution in [0.3, 0.4) is 0 Å². The van der Waals surface area contributed by atoms with Gasteiger partial charge in [0.2, 0.25) is 0 Å². The standard InChI is InChI=1S/C14H21Cl/c1-6-7-12(4)14(10-11(2)3)13(5)8-9-15/h6-7H,2,5,8-10H2,1,3-4H3/b7-6-,14-12-. The quantitative estimate of drug-likeness (QED) is 0.337. The molecule has 84 valence electrons. The molecule has 0 radical (unpaired) electrons. The van der Waals surface area contributed by atoms with E-state index in [1.807, 2.05) is 19.9 Å². The summed E-state index contributed by atoms with van der Waals surface area (Å²) >= 11 is 5.73. The summed E-state index contributed by atoms with van der Waals surface area (Å²) in [7, 11) is 0. The monoisotopic (exact) mass is 224 g/mol. The molecule has 0 saturated carbocycles. The molecular formula is C14H21Cl. The van der Waals surface area contributed by atoms with Gasteiger partial charge in [0.05, 0.1) is 0 Å². The minimum atomic E-state index is 0.627. The number of allylic oxidation sites excluding steroid dienone is 6. The number of hydrogen-bond donors (Lipinski definition) is 0. The van der Waals surface area contributed by atoms with Gasteiger partial charge in [0.15, 0.2) is 0 Å². The Labute approximate surface area is 99.0 Å². The van der Waals surface area contributed by atoms with Crippen LogP contribution in [-0.4, -0.2) is 5.88 Å². The van der Waals surface area contributed by atoms with Crippen molar-refractivity contribution in [3.63, 3.8) is 0 Å². The highest BCUT2D eigenvalue weighted by Gasteiger charge is 2.05. The van der Waals surface area contributed by atoms with Crippen LogP contribution in [0.2, 0.25) is 0 Å². The Kier molecular flexibility index (Phi) is 7.15. The first kappa shape index (κ1) is 14.2. The van der Waals surface area contributed by atoms with Crippen molar-refractivity contribution in [1.29, 1.82) is 0 Å². The maximum Gasteiger partial charge on any atom is 0.0263 e. The van der Waals surface area contributed by atoms with Gasteiger partial charge in [-0.3, -0.25) is 0 Å². The third-order valence-electron chi connectivity index (χ3n) is 2.19. The van der Waals surface area contributed by atoms with Gasteiger partial charge in [0.25, 0.3) is 0 Å². The van der Waals surface area contributed by atoms with Gasteiger partial charge in [-0.05, 0) is 44.8 Å². The van der Waals surface area contributed by atoms with Crippen molar-refractivity contribution in [1.82, 2.24) is 0 Å². The lowest BCUT2D eigenvalue weighted by atomic mass is 9.94. The molecule has 0 aromatic heterocycles. The lowest BCUT2D eigenvalue weighted by Gasteiger charge is -2.12. The van der Waals surface area contributed by atoms with Crippen molar-refractivity contribution in [2.24, 2.45) is 0 Å². The van der Waals surface area contributed by atoms with Crippen LogP contribution >= 0.6 is 11.6 Å². The van der Waals surface area contributed by atoms with Gasteiger partial charge in [-0.2, -0.15) is 0 Å². The SMILES string of the molecule is C=C(C)C/C(C(=C)CCCl)=C(C)/C=C\C. The van der Waals surface area contributed by atoms with E-state index in [4.69, 9.17) is 11.6 Å². The maximum absolute atomic E-state index is 5.73. The number of rotatable bonds is 6. The summed E-state index contributed by atoms with van der Waals surface area (Å²) in [5.41, 5.74) is 4.82. The van der Waals surface area contributed by atoms with Crippen LogP contribution in [0, 0.1) is 0 Å². The van der Waals surface area contributed by atoms with Crippen molar-refractivity contribution in [3.8, 4) is 0 Å². The fraction of sp³-hybridized carbons (Fsp3) is 0.429. The van der Waals surface area contributed by atoms with Crippen molar-refractivity contribution < 1.29 is 0 Å². The van der Waals surface area contributed by atoms with Crippen LogP contribution in [-0.2, 0) is 0 Å². The van der Waals surface area contributed by atoms with Gasteiger partial charge in [-0.1, -0.05) is 36.5 Å². The van der Waals surface area contributed by atoms with E-state index in [1.54, 1.807) is 0 Å². The van der Waals surface area contributed by atoms with Crippen molar-refractivity contribution in [3.05, 3.63) is 47.6 Å². The predicted molar refractivity (Wildman–Crippen MR) is 71.4 cm³/mol. The zero-order valence-corrected chi connectivity index (χ0v) is 10.8. The normalized spacial score (nSPS) is 12.8. The summed E-state index contributed by atoms with van der Waals surface area (Å²) in [4.78, 5) is 0. The van der Waals surface area contributed by atoms with E-state index in [1.165, 1.54) is 11.1 Å². The Bertz CT molecular complexity index is 292. The summed E-state index contributed by atoms with van der Waals surface area (Å²) < 4.78 is 0. The van der Waals surface area contributed by atoms with Crippen molar-refractivity contribution in [2.75, 3.05) is 5.88 Å². The van der Waals surface area contributed by atoms with E-state index in [-0.39, 0.29) is 0 Å². The molecule has 0 aromatic carbocycles. The van der Waals surface area contributed by atoms with E-state index in [2.05, 4.69) is 26.2 Å². The van der Waals surface area contributed by atoms with Crippen molar-refractivity contribution in [2.45, 2.75) is 33.6 Å². The molecule has 0 aliphatic carbocycles. The molecule has 0 nitrogen and oxygen atoms in total. The van der Waals surface area contributed by atoms with Gasteiger partial charge >= 0.3 is 0 Å². The summed E-state index contributed by atoms with van der Waals surface area (Å²) in [5, 5.41) is 0. The Morgan fingerprint density at radius 1 is 1.27 bits per heavy atom. The third-order valence-corrected chi connectivity index (χ3v) is 2.38. The minimum absolute atomic E-state index is 0.627. The van der Waals surface area contributed by atoms with Crippen LogP contribution in [0.25, 0.3) is 0 Å². The highest BCUT2D eigenvalue weighted by molar-refractivity contribution is 6.18. The summed E-state index contributed by atoms with van der Waals surface area (Å²) in [6.45, 7) is 14.2. The molecule has 0 spiro atoms. The summed E-state index contributed by atoms with van der Waals surface area (Å²) in [6.07, 6.45) is 5.89. The molecule has 1 heteroatoms. The van der Waals surface area contributed by atoms with Gasteiger partial charge in [0, 0.05) is 5.88 Å². The van der Waals surface area contributed by atoms with Gasteiger partial charge in [-0.25, -0.2) is 0 Å². The zero-order chi connectivity index (χ0) is 11.8. The molecule has 0 aromatic rings. The minimum Gasteiger partial charge on any atom is -0.126 e. The number of hydrogen-bond acceptors (Lipinski definition) is 0. The zero-order valence-electron chi connectivity index (χ0n) is 10.1. The Hall–Kier alpha value is -0.750. The Morgan fingerprint density at radius 2 is 1.87 bits per heavy atom. The Morgan fingerprint density at radius 3 is 2.27 bits per heavy atom. The first-order valence-corrected chi connectivity index (χ1v) is 5.77. The average Bonchev–Trinajstić information content (AvgIpc) is 2.14. The highest BCUT2D eigenvalue weighted by atomic mass is 35.5. The highest BCUT2D eigenvalue weighted by Crippen LogP contribution is 2.24. The maximum atomic E-state index is 5.73. The first-order chi connectivity index (χ1) is 7.02. The van der Waals surface area contributed by atoms with Gasteiger partial charge < -0.3 is 0 Å². The summed E-state index contributed by atoms with van der Waals surface area (Å²) in [6, 6.07) is 0. The average molecular weight is 225 g/mol. The van der Waals surface area contributed by atoms with E-state index in [0.29, 0.717) is 5.88 Å². The van der Waals surface area contributed by atoms with Gasteiger partial charge in [0.1, 0.15) is 0 Å². The third kappa shape index (κ3) is 5.64. The summed E-state index contributed by atoms with van der Waals surface area (Å²) in [5.74, 6) is 0.627. The molecule has 0 aliphatic rings. The number of alkyl halides is 1. The topological polar surface area (TPSA) is 0 Å². The van der Waals surface area contributed by atoms with E-state index in [9.17, 15) is 0 Å². The molecular weight excluding hydrogens is 204 g/mol. The van der Waals surface area contributed by atoms with Crippen LogP contribution in [0.5, 0.6) is 0 Å². The van der Waals surface area contributed by atoms with Gasteiger partial charge in [-0.15, -0.1) is 11.6 Å². The first-order valence-electron chi connectivity index (χ1n) is 5.23. The number of halogens is 1. The molecule has 0 N–H and O–H groups in total. The smallest absolute Gasteiger partial charge is 0.0263 e. The second-order valence-electron chi connectivity index (χ2n) is 3.84. The molecule has 0 atom stereocenters. The lowest BCUT2D eigenvalue weighted by molar-refractivity contribution is 1.03. The fourth-order valence-corrected chi connectivity index (χ4v) is 1.69. The van der Waals surface area contributed by atoms with Crippen LogP contribution in [0.4, 0.5) is 0 Å². The van der Waals surface area contributed by atoms with Crippen molar-refractivity contribution >= 4 is 11.6 Å². The molecule has 0 rings (SSSR count). The molecule has 0 saturated heterocycles. The molecule has 0 fully saturated rings. The molecule has 0 bridgehead atoms. The molecule has 0 amide bonds. The molecule has 0 unspecified atom stereocenters. The Balaban J connectivity index is 4.95. The fourth-order valence-electron chi connectivity index (χ4n) is 1.46. The lowest BCUT2D eigenvalue weighted by Crippen LogP contribution is -1.94. The molecule has 0 heterocycles. The van der Waals surface area contributed by atoms with Crippen LogP contribution in [0.15, 0.2) is 47.6 Å².